The Hall–Kier alpha value is -2.14. The number of rotatable bonds is 7. The number of carbonyl (C=O) groups excluding carboxylic acids is 1. The first-order valence-electron chi connectivity index (χ1n) is 9.09. The van der Waals surface area contributed by atoms with Crippen molar-refractivity contribution in [3.63, 3.8) is 0 Å². The van der Waals surface area contributed by atoms with E-state index in [1.54, 1.807) is 0 Å². The van der Waals surface area contributed by atoms with E-state index in [1.165, 1.54) is 0 Å². The molecule has 0 aromatic heterocycles. The lowest BCUT2D eigenvalue weighted by atomic mass is 10.00. The van der Waals surface area contributed by atoms with Gasteiger partial charge in [0.15, 0.2) is 5.78 Å². The summed E-state index contributed by atoms with van der Waals surface area (Å²) in [6.45, 7) is 9.34. The van der Waals surface area contributed by atoms with Crippen LogP contribution in [0.25, 0.3) is 0 Å². The minimum atomic E-state index is 0.113. The highest BCUT2D eigenvalue weighted by Gasteiger charge is 2.15. The molecule has 2 aromatic rings. The number of ketones is 1. The maximum Gasteiger partial charge on any atom is 0.182 e. The summed E-state index contributed by atoms with van der Waals surface area (Å²) in [5.41, 5.74) is 5.82. The number of hydrogen-bond donors (Lipinski definition) is 0. The lowest BCUT2D eigenvalue weighted by molar-refractivity contribution is 0.0999. The van der Waals surface area contributed by atoms with Crippen LogP contribution in [0.2, 0.25) is 0 Å². The van der Waals surface area contributed by atoms with Gasteiger partial charge in [-0.05, 0) is 74.7 Å². The number of benzene rings is 2. The van der Waals surface area contributed by atoms with Gasteiger partial charge in [-0.15, -0.1) is 0 Å². The Morgan fingerprint density at radius 3 is 2.41 bits per heavy atom. The summed E-state index contributed by atoms with van der Waals surface area (Å²) >= 11 is 3.48. The average Bonchev–Trinajstić information content (AvgIpc) is 2.61. The monoisotopic (exact) mass is 429 g/mol. The smallest absolute Gasteiger partial charge is 0.182 e. The van der Waals surface area contributed by atoms with Crippen LogP contribution in [0.4, 0.5) is 11.4 Å². The number of carbonyl (C=O) groups is 1. The van der Waals surface area contributed by atoms with Crippen molar-refractivity contribution in [2.24, 2.45) is 4.99 Å². The number of Topliss-reactive ketones (excluding diaryl/α,β-unsaturated/α-hetero) is 1. The number of aliphatic imine (C=N–C) groups is 1. The minimum Gasteiger partial charge on any atom is -0.367 e. The van der Waals surface area contributed by atoms with Crippen LogP contribution in [-0.4, -0.2) is 44.2 Å². The van der Waals surface area contributed by atoms with Crippen molar-refractivity contribution in [3.05, 3.63) is 57.1 Å². The second kappa shape index (κ2) is 9.18. The van der Waals surface area contributed by atoms with Crippen LogP contribution in [0.15, 0.2) is 39.8 Å². The van der Waals surface area contributed by atoms with E-state index in [-0.39, 0.29) is 5.78 Å². The van der Waals surface area contributed by atoms with Crippen molar-refractivity contribution in [1.29, 1.82) is 0 Å². The van der Waals surface area contributed by atoms with Crippen LogP contribution in [0.3, 0.4) is 0 Å². The summed E-state index contributed by atoms with van der Waals surface area (Å²) in [4.78, 5) is 21.5. The minimum absolute atomic E-state index is 0.113. The Kier molecular flexibility index (Phi) is 7.19. The molecule has 2 aromatic carbocycles. The van der Waals surface area contributed by atoms with Gasteiger partial charge in [0, 0.05) is 36.4 Å². The summed E-state index contributed by atoms with van der Waals surface area (Å²) in [6, 6.07) is 10.0. The predicted octanol–water partition coefficient (Wildman–Crippen LogP) is 5.30. The summed E-state index contributed by atoms with van der Waals surface area (Å²) in [6.07, 6.45) is 1.83. The molecule has 0 unspecified atom stereocenters. The molecule has 0 saturated carbocycles. The van der Waals surface area contributed by atoms with Gasteiger partial charge in [-0.1, -0.05) is 15.9 Å². The van der Waals surface area contributed by atoms with Crippen molar-refractivity contribution in [2.75, 3.05) is 32.1 Å². The molecule has 0 aliphatic carbocycles. The van der Waals surface area contributed by atoms with E-state index in [2.05, 4.69) is 40.8 Å². The predicted molar refractivity (Wildman–Crippen MR) is 119 cm³/mol. The third-order valence-electron chi connectivity index (χ3n) is 4.69. The van der Waals surface area contributed by atoms with E-state index in [1.807, 2.05) is 68.3 Å². The topological polar surface area (TPSA) is 35.9 Å². The maximum atomic E-state index is 12.9. The molecule has 0 bridgehead atoms. The molecule has 0 atom stereocenters. The summed E-state index contributed by atoms with van der Waals surface area (Å²) in [7, 11) is 3.94. The fraction of sp³-hybridized carbons (Fsp3) is 0.364. The van der Waals surface area contributed by atoms with Gasteiger partial charge in [0.1, 0.15) is 0 Å². The molecule has 2 rings (SSSR count). The molecule has 27 heavy (non-hydrogen) atoms. The molecule has 144 valence electrons. The van der Waals surface area contributed by atoms with Gasteiger partial charge >= 0.3 is 0 Å². The molecule has 0 spiro atoms. The standard InChI is InChI=1S/C22H28BrN3O/c1-7-25(5)14-24-20-12-15(2)19(11-16(20)3)22(27)13-26(6)21-9-8-18(23)10-17(21)4/h8-12,14H,7,13H2,1-6H3/b24-14-. The zero-order valence-electron chi connectivity index (χ0n) is 17.0. The van der Waals surface area contributed by atoms with Crippen molar-refractivity contribution < 1.29 is 4.79 Å². The number of nitrogens with zero attached hydrogens (tertiary/aromatic N) is 3. The van der Waals surface area contributed by atoms with Crippen LogP contribution in [0.5, 0.6) is 0 Å². The summed E-state index contributed by atoms with van der Waals surface area (Å²) in [5.74, 6) is 0.113. The van der Waals surface area contributed by atoms with Gasteiger partial charge in [0.05, 0.1) is 18.6 Å². The lowest BCUT2D eigenvalue weighted by Crippen LogP contribution is -2.26. The summed E-state index contributed by atoms with van der Waals surface area (Å²) in [5, 5.41) is 0. The van der Waals surface area contributed by atoms with Gasteiger partial charge in [0.2, 0.25) is 0 Å². The molecular formula is C22H28BrN3O. The zero-order chi connectivity index (χ0) is 20.1. The molecule has 5 heteroatoms. The Bertz CT molecular complexity index is 861. The highest BCUT2D eigenvalue weighted by atomic mass is 79.9. The molecule has 0 aliphatic heterocycles. The molecule has 0 saturated heterocycles. The molecule has 0 amide bonds. The first kappa shape index (κ1) is 21.2. The normalized spacial score (nSPS) is 11.1. The zero-order valence-corrected chi connectivity index (χ0v) is 18.6. The lowest BCUT2D eigenvalue weighted by Gasteiger charge is -2.21. The first-order valence-corrected chi connectivity index (χ1v) is 9.88. The maximum absolute atomic E-state index is 12.9. The first-order chi connectivity index (χ1) is 12.7. The van der Waals surface area contributed by atoms with Crippen LogP contribution in [-0.2, 0) is 0 Å². The molecule has 4 nitrogen and oxygen atoms in total. The van der Waals surface area contributed by atoms with Gasteiger partial charge < -0.3 is 9.80 Å². The number of aryl methyl sites for hydroxylation is 3. The van der Waals surface area contributed by atoms with Gasteiger partial charge in [-0.2, -0.15) is 0 Å². The van der Waals surface area contributed by atoms with E-state index >= 15 is 0 Å². The van der Waals surface area contributed by atoms with E-state index in [9.17, 15) is 4.79 Å². The van der Waals surface area contributed by atoms with E-state index in [4.69, 9.17) is 0 Å². The van der Waals surface area contributed by atoms with Crippen LogP contribution >= 0.6 is 15.9 Å². The Balaban J connectivity index is 2.21. The molecule has 0 N–H and O–H groups in total. The third-order valence-corrected chi connectivity index (χ3v) is 5.18. The number of halogens is 1. The van der Waals surface area contributed by atoms with Crippen molar-refractivity contribution in [3.8, 4) is 0 Å². The third kappa shape index (κ3) is 5.42. The Morgan fingerprint density at radius 2 is 1.78 bits per heavy atom. The second-order valence-corrected chi connectivity index (χ2v) is 7.90. The molecular weight excluding hydrogens is 402 g/mol. The van der Waals surface area contributed by atoms with Crippen LogP contribution < -0.4 is 4.90 Å². The summed E-state index contributed by atoms with van der Waals surface area (Å²) < 4.78 is 1.04. The Morgan fingerprint density at radius 1 is 1.07 bits per heavy atom. The van der Waals surface area contributed by atoms with Crippen molar-refractivity contribution >= 4 is 39.4 Å². The van der Waals surface area contributed by atoms with Crippen LogP contribution in [0.1, 0.15) is 34.0 Å². The van der Waals surface area contributed by atoms with Gasteiger partial charge in [0.25, 0.3) is 0 Å². The Labute approximate surface area is 171 Å². The highest BCUT2D eigenvalue weighted by molar-refractivity contribution is 9.10. The second-order valence-electron chi connectivity index (χ2n) is 6.98. The SMILES string of the molecule is CCN(C)/C=N\c1cc(C)c(C(=O)CN(C)c2ccc(Br)cc2C)cc1C. The quantitative estimate of drug-likeness (QED) is 0.340. The molecule has 0 heterocycles. The van der Waals surface area contributed by atoms with Crippen molar-refractivity contribution in [1.82, 2.24) is 4.90 Å². The van der Waals surface area contributed by atoms with E-state index in [0.717, 1.165) is 44.6 Å². The van der Waals surface area contributed by atoms with Crippen LogP contribution in [0, 0.1) is 20.8 Å². The average molecular weight is 430 g/mol. The highest BCUT2D eigenvalue weighted by Crippen LogP contribution is 2.26. The van der Waals surface area contributed by atoms with E-state index < -0.39 is 0 Å². The molecule has 0 aliphatic rings. The number of anilines is 1. The largest absolute Gasteiger partial charge is 0.367 e. The fourth-order valence-corrected chi connectivity index (χ4v) is 3.39. The van der Waals surface area contributed by atoms with Gasteiger partial charge in [-0.3, -0.25) is 4.79 Å². The molecule has 0 radical (unpaired) electrons. The van der Waals surface area contributed by atoms with Crippen molar-refractivity contribution in [2.45, 2.75) is 27.7 Å². The molecule has 0 fully saturated rings. The number of likely N-dealkylation sites (N-methyl/N-ethyl adjacent to an activating group) is 1. The van der Waals surface area contributed by atoms with E-state index in [0.29, 0.717) is 6.54 Å². The number of hydrogen-bond acceptors (Lipinski definition) is 3. The fourth-order valence-electron chi connectivity index (χ4n) is 2.92. The van der Waals surface area contributed by atoms with Gasteiger partial charge in [-0.25, -0.2) is 4.99 Å².